The zero-order valence-electron chi connectivity index (χ0n) is 13.3. The van der Waals surface area contributed by atoms with Crippen molar-refractivity contribution in [3.63, 3.8) is 0 Å². The van der Waals surface area contributed by atoms with Crippen molar-refractivity contribution in [1.29, 1.82) is 0 Å². The van der Waals surface area contributed by atoms with Crippen molar-refractivity contribution in [2.24, 2.45) is 0 Å². The lowest BCUT2D eigenvalue weighted by Crippen LogP contribution is -2.38. The Balaban J connectivity index is 1.96. The average molecular weight is 329 g/mol. The van der Waals surface area contributed by atoms with Crippen LogP contribution in [0.3, 0.4) is 0 Å². The maximum absolute atomic E-state index is 12.7. The van der Waals surface area contributed by atoms with E-state index in [1.54, 1.807) is 12.1 Å². The van der Waals surface area contributed by atoms with Crippen molar-refractivity contribution < 1.29 is 13.8 Å². The van der Waals surface area contributed by atoms with Gasteiger partial charge in [-0.25, -0.2) is 0 Å². The van der Waals surface area contributed by atoms with Crippen LogP contribution in [0.25, 0.3) is 0 Å². The molecule has 2 aliphatic rings. The molecule has 5 heteroatoms. The van der Waals surface area contributed by atoms with Gasteiger partial charge in [-0.1, -0.05) is 17.7 Å². The molecule has 0 amide bonds. The van der Waals surface area contributed by atoms with Crippen molar-refractivity contribution in [2.75, 3.05) is 12.3 Å². The fraction of sp³-hybridized carbons (Fsp3) is 0.333. The summed E-state index contributed by atoms with van der Waals surface area (Å²) in [6.07, 6.45) is 3.88. The van der Waals surface area contributed by atoms with E-state index < -0.39 is 10.8 Å². The number of hydrogen-bond donors (Lipinski definition) is 1. The first-order chi connectivity index (χ1) is 11.0. The molecule has 1 aromatic carbocycles. The van der Waals surface area contributed by atoms with Crippen LogP contribution in [-0.4, -0.2) is 28.1 Å². The molecule has 0 bridgehead atoms. The molecule has 1 aromatic rings. The molecule has 0 aromatic heterocycles. The van der Waals surface area contributed by atoms with Crippen molar-refractivity contribution in [1.82, 2.24) is 5.32 Å². The number of Topliss-reactive ketones (excluding diaryl/α,β-unsaturated/α-hetero) is 2. The Morgan fingerprint density at radius 2 is 2.00 bits per heavy atom. The van der Waals surface area contributed by atoms with Crippen molar-refractivity contribution in [3.05, 3.63) is 57.1 Å². The number of fused-ring (bicyclic) bond motifs is 1. The summed E-state index contributed by atoms with van der Waals surface area (Å²) in [5.74, 6) is -0.128. The predicted molar refractivity (Wildman–Crippen MR) is 90.9 cm³/mol. The summed E-state index contributed by atoms with van der Waals surface area (Å²) in [6.45, 7) is 4.57. The van der Waals surface area contributed by atoms with Crippen LogP contribution in [0, 0.1) is 0 Å². The molecule has 1 unspecified atom stereocenters. The van der Waals surface area contributed by atoms with Gasteiger partial charge in [-0.15, -0.1) is 0 Å². The Hall–Kier alpha value is -2.01. The van der Waals surface area contributed by atoms with E-state index in [1.807, 2.05) is 6.07 Å². The van der Waals surface area contributed by atoms with Gasteiger partial charge in [-0.05, 0) is 44.4 Å². The third-order valence-corrected chi connectivity index (χ3v) is 5.46. The van der Waals surface area contributed by atoms with Gasteiger partial charge < -0.3 is 5.32 Å². The first-order valence-electron chi connectivity index (χ1n) is 7.71. The highest BCUT2D eigenvalue weighted by Gasteiger charge is 2.37. The molecule has 4 nitrogen and oxygen atoms in total. The van der Waals surface area contributed by atoms with E-state index in [9.17, 15) is 13.8 Å². The van der Waals surface area contributed by atoms with Crippen LogP contribution in [-0.2, 0) is 17.2 Å². The van der Waals surface area contributed by atoms with E-state index in [2.05, 4.69) is 25.2 Å². The molecule has 23 heavy (non-hydrogen) atoms. The summed E-state index contributed by atoms with van der Waals surface area (Å²) in [4.78, 5) is 25.4. The van der Waals surface area contributed by atoms with E-state index >= 15 is 0 Å². The second kappa shape index (κ2) is 6.24. The van der Waals surface area contributed by atoms with Crippen molar-refractivity contribution in [3.8, 4) is 0 Å². The number of allylic oxidation sites excluding steroid dienone is 4. The highest BCUT2D eigenvalue weighted by molar-refractivity contribution is 7.90. The van der Waals surface area contributed by atoms with Gasteiger partial charge >= 0.3 is 0 Å². The highest BCUT2D eigenvalue weighted by Crippen LogP contribution is 2.29. The SMILES string of the molecule is CC(C)=CCCc1ccc2c(c1)C(=O)C1=C(C2=O)S(=O)CCN1. The Kier molecular flexibility index (Phi) is 4.31. The lowest BCUT2D eigenvalue weighted by Gasteiger charge is -2.25. The molecule has 1 aliphatic carbocycles. The van der Waals surface area contributed by atoms with Crippen LogP contribution in [0.4, 0.5) is 0 Å². The number of ketones is 2. The molecule has 1 atom stereocenters. The van der Waals surface area contributed by atoms with E-state index in [0.717, 1.165) is 18.4 Å². The summed E-state index contributed by atoms with van der Waals surface area (Å²) < 4.78 is 12.1. The standard InChI is InChI=1S/C18H19NO3S/c1-11(2)4-3-5-12-6-7-13-14(10-12)16(20)15-18(17(13)21)23(22)9-8-19-15/h4,6-7,10,19H,3,5,8-9H2,1-2H3. The lowest BCUT2D eigenvalue weighted by molar-refractivity contribution is 0.0974. The van der Waals surface area contributed by atoms with Crippen LogP contribution < -0.4 is 5.32 Å². The molecule has 0 saturated heterocycles. The monoisotopic (exact) mass is 329 g/mol. The van der Waals surface area contributed by atoms with E-state index in [0.29, 0.717) is 23.4 Å². The molecule has 0 radical (unpaired) electrons. The molecule has 1 N–H and O–H groups in total. The molecule has 1 aliphatic heterocycles. The summed E-state index contributed by atoms with van der Waals surface area (Å²) in [7, 11) is -1.39. The number of rotatable bonds is 3. The number of carbonyl (C=O) groups excluding carboxylic acids is 2. The number of nitrogens with one attached hydrogen (secondary N) is 1. The summed E-state index contributed by atoms with van der Waals surface area (Å²) in [5.41, 5.74) is 3.32. The van der Waals surface area contributed by atoms with Gasteiger partial charge in [0.2, 0.25) is 11.6 Å². The molecule has 0 saturated carbocycles. The van der Waals surface area contributed by atoms with Gasteiger partial charge in [0, 0.05) is 23.4 Å². The van der Waals surface area contributed by atoms with Gasteiger partial charge in [0.25, 0.3) is 0 Å². The predicted octanol–water partition coefficient (Wildman–Crippen LogP) is 2.53. The zero-order chi connectivity index (χ0) is 16.6. The number of benzene rings is 1. The zero-order valence-corrected chi connectivity index (χ0v) is 14.1. The van der Waals surface area contributed by atoms with Crippen molar-refractivity contribution in [2.45, 2.75) is 26.7 Å². The van der Waals surface area contributed by atoms with Crippen LogP contribution in [0.2, 0.25) is 0 Å². The Labute approximate surface area is 138 Å². The van der Waals surface area contributed by atoms with E-state index in [1.165, 1.54) is 5.57 Å². The Morgan fingerprint density at radius 1 is 1.22 bits per heavy atom. The van der Waals surface area contributed by atoms with Crippen molar-refractivity contribution >= 4 is 22.4 Å². The third-order valence-electron chi connectivity index (χ3n) is 4.04. The van der Waals surface area contributed by atoms with Crippen LogP contribution in [0.1, 0.15) is 46.5 Å². The normalized spacial score (nSPS) is 19.8. The summed E-state index contributed by atoms with van der Waals surface area (Å²) in [5, 5.41) is 2.96. The molecule has 120 valence electrons. The molecule has 0 fully saturated rings. The van der Waals surface area contributed by atoms with Gasteiger partial charge in [0.05, 0.1) is 10.8 Å². The molecular weight excluding hydrogens is 310 g/mol. The number of hydrogen-bond acceptors (Lipinski definition) is 4. The Bertz CT molecular complexity index is 785. The second-order valence-corrected chi connectivity index (χ2v) is 7.55. The summed E-state index contributed by atoms with van der Waals surface area (Å²) >= 11 is 0. The lowest BCUT2D eigenvalue weighted by atomic mass is 9.90. The van der Waals surface area contributed by atoms with Crippen LogP contribution in [0.15, 0.2) is 40.5 Å². The van der Waals surface area contributed by atoms with Gasteiger partial charge in [-0.3, -0.25) is 13.8 Å². The third kappa shape index (κ3) is 2.93. The number of carbonyl (C=O) groups is 2. The molecular formula is C18H19NO3S. The van der Waals surface area contributed by atoms with E-state index in [-0.39, 0.29) is 22.2 Å². The maximum atomic E-state index is 12.7. The minimum absolute atomic E-state index is 0.144. The largest absolute Gasteiger partial charge is 0.380 e. The smallest absolute Gasteiger partial charge is 0.210 e. The van der Waals surface area contributed by atoms with Gasteiger partial charge in [-0.2, -0.15) is 0 Å². The molecule has 3 rings (SSSR count). The highest BCUT2D eigenvalue weighted by atomic mass is 32.2. The van der Waals surface area contributed by atoms with Gasteiger partial charge in [0.15, 0.2) is 0 Å². The average Bonchev–Trinajstić information content (AvgIpc) is 2.52. The minimum Gasteiger partial charge on any atom is -0.380 e. The summed E-state index contributed by atoms with van der Waals surface area (Å²) in [6, 6.07) is 5.38. The number of aryl methyl sites for hydroxylation is 1. The fourth-order valence-corrected chi connectivity index (χ4v) is 4.08. The van der Waals surface area contributed by atoms with Gasteiger partial charge in [0.1, 0.15) is 10.6 Å². The topological polar surface area (TPSA) is 63.2 Å². The second-order valence-electron chi connectivity index (χ2n) is 6.04. The maximum Gasteiger partial charge on any atom is 0.210 e. The first kappa shape index (κ1) is 15.9. The Morgan fingerprint density at radius 3 is 2.74 bits per heavy atom. The fourth-order valence-electron chi connectivity index (χ4n) is 2.88. The molecule has 0 spiro atoms. The van der Waals surface area contributed by atoms with Crippen LogP contribution in [0.5, 0.6) is 0 Å². The first-order valence-corrected chi connectivity index (χ1v) is 9.03. The van der Waals surface area contributed by atoms with Crippen LogP contribution >= 0.6 is 0 Å². The van der Waals surface area contributed by atoms with E-state index in [4.69, 9.17) is 0 Å². The molecule has 1 heterocycles. The minimum atomic E-state index is -1.39. The quantitative estimate of drug-likeness (QED) is 0.866.